The van der Waals surface area contributed by atoms with E-state index in [4.69, 9.17) is 21.3 Å². The fraction of sp³-hybridized carbons (Fsp3) is 0.263. The molecule has 6 heteroatoms. The summed E-state index contributed by atoms with van der Waals surface area (Å²) >= 11 is 7.51. The molecule has 1 unspecified atom stereocenters. The van der Waals surface area contributed by atoms with Crippen molar-refractivity contribution in [2.24, 2.45) is 0 Å². The van der Waals surface area contributed by atoms with Crippen molar-refractivity contribution < 1.29 is 9.53 Å². The third-order valence-electron chi connectivity index (χ3n) is 4.28. The van der Waals surface area contributed by atoms with Crippen LogP contribution >= 0.6 is 22.9 Å². The van der Waals surface area contributed by atoms with E-state index >= 15 is 0 Å². The Kier molecular flexibility index (Phi) is 4.70. The molecule has 1 amide bonds. The summed E-state index contributed by atoms with van der Waals surface area (Å²) in [6.45, 7) is 1.34. The number of thiophene rings is 1. The first-order chi connectivity index (χ1) is 12.2. The molecule has 0 bridgehead atoms. The Morgan fingerprint density at radius 2 is 2.16 bits per heavy atom. The van der Waals surface area contributed by atoms with Crippen LogP contribution in [0.4, 0.5) is 0 Å². The van der Waals surface area contributed by atoms with Crippen LogP contribution in [0, 0.1) is 0 Å². The van der Waals surface area contributed by atoms with E-state index < -0.39 is 0 Å². The van der Waals surface area contributed by atoms with E-state index in [0.29, 0.717) is 16.5 Å². The molecule has 0 radical (unpaired) electrons. The largest absolute Gasteiger partial charge is 0.379 e. The zero-order chi connectivity index (χ0) is 17.2. The second kappa shape index (κ2) is 7.12. The lowest BCUT2D eigenvalue weighted by molar-refractivity contribution is 0.0625. The number of benzene rings is 1. The Hall–Kier alpha value is -1.95. The van der Waals surface area contributed by atoms with E-state index in [1.807, 2.05) is 42.5 Å². The summed E-state index contributed by atoms with van der Waals surface area (Å²) in [5.41, 5.74) is 2.20. The van der Waals surface area contributed by atoms with Gasteiger partial charge in [-0.2, -0.15) is 0 Å². The average molecular weight is 373 g/mol. The molecule has 4 rings (SSSR count). The van der Waals surface area contributed by atoms with Crippen molar-refractivity contribution in [3.63, 3.8) is 0 Å². The topological polar surface area (TPSA) is 51.2 Å². The summed E-state index contributed by atoms with van der Waals surface area (Å²) < 4.78 is 6.17. The number of carbonyl (C=O) groups is 1. The maximum atomic E-state index is 12.9. The molecule has 0 spiro atoms. The van der Waals surface area contributed by atoms with Gasteiger partial charge < -0.3 is 10.1 Å². The molecule has 1 N–H and O–H groups in total. The van der Waals surface area contributed by atoms with Crippen LogP contribution in [0.5, 0.6) is 0 Å². The van der Waals surface area contributed by atoms with Gasteiger partial charge in [0.25, 0.3) is 5.91 Å². The van der Waals surface area contributed by atoms with Crippen LogP contribution < -0.4 is 5.32 Å². The van der Waals surface area contributed by atoms with E-state index in [0.717, 1.165) is 40.9 Å². The molecule has 4 nitrogen and oxygen atoms in total. The lowest BCUT2D eigenvalue weighted by atomic mass is 10.0. The number of hydrogen-bond acceptors (Lipinski definition) is 4. The number of nitrogens with zero attached hydrogens (tertiary/aromatic N) is 1. The number of aromatic nitrogens is 1. The molecule has 3 heterocycles. The molecule has 2 aromatic heterocycles. The molecule has 1 aliphatic rings. The Morgan fingerprint density at radius 1 is 1.28 bits per heavy atom. The van der Waals surface area contributed by atoms with Gasteiger partial charge in [0, 0.05) is 12.0 Å². The highest BCUT2D eigenvalue weighted by Gasteiger charge is 2.20. The van der Waals surface area contributed by atoms with E-state index in [1.54, 1.807) is 0 Å². The number of carbonyl (C=O) groups excluding carboxylic acids is 1. The first kappa shape index (κ1) is 16.5. The van der Waals surface area contributed by atoms with E-state index in [9.17, 15) is 4.79 Å². The number of ether oxygens (including phenoxy) is 1. The van der Waals surface area contributed by atoms with Crippen molar-refractivity contribution in [1.29, 1.82) is 0 Å². The van der Waals surface area contributed by atoms with Crippen LogP contribution in [0.25, 0.3) is 21.5 Å². The normalized spacial score (nSPS) is 17.6. The monoisotopic (exact) mass is 372 g/mol. The lowest BCUT2D eigenvalue weighted by Crippen LogP contribution is -2.40. The lowest BCUT2D eigenvalue weighted by Gasteiger charge is -2.23. The molecule has 1 aromatic carbocycles. The first-order valence-corrected chi connectivity index (χ1v) is 9.44. The summed E-state index contributed by atoms with van der Waals surface area (Å²) in [5.74, 6) is -0.0852. The van der Waals surface area contributed by atoms with Crippen LogP contribution in [-0.4, -0.2) is 30.1 Å². The minimum Gasteiger partial charge on any atom is -0.379 e. The number of para-hydroxylation sites is 1. The molecule has 3 aromatic rings. The third-order valence-corrected chi connectivity index (χ3v) is 5.54. The van der Waals surface area contributed by atoms with Gasteiger partial charge >= 0.3 is 0 Å². The molecule has 1 fully saturated rings. The van der Waals surface area contributed by atoms with E-state index in [1.165, 1.54) is 11.3 Å². The number of halogens is 1. The van der Waals surface area contributed by atoms with Crippen molar-refractivity contribution >= 4 is 39.7 Å². The van der Waals surface area contributed by atoms with Crippen molar-refractivity contribution in [2.45, 2.75) is 18.9 Å². The molecule has 25 heavy (non-hydrogen) atoms. The summed E-state index contributed by atoms with van der Waals surface area (Å²) in [7, 11) is 0. The molecule has 1 atom stereocenters. The fourth-order valence-corrected chi connectivity index (χ4v) is 4.06. The Balaban J connectivity index is 1.74. The van der Waals surface area contributed by atoms with Gasteiger partial charge in [-0.1, -0.05) is 29.8 Å². The van der Waals surface area contributed by atoms with Crippen molar-refractivity contribution in [3.05, 3.63) is 52.4 Å². The van der Waals surface area contributed by atoms with Gasteiger partial charge in [0.2, 0.25) is 0 Å². The molecule has 0 saturated carbocycles. The number of hydrogen-bond donors (Lipinski definition) is 1. The van der Waals surface area contributed by atoms with Crippen LogP contribution in [0.15, 0.2) is 42.5 Å². The SMILES string of the molecule is O=C(NC1CCCOC1)c1cc(-c2ccc(Cl)s2)nc2ccccc12. The maximum absolute atomic E-state index is 12.9. The highest BCUT2D eigenvalue weighted by atomic mass is 35.5. The number of rotatable bonds is 3. The van der Waals surface area contributed by atoms with Gasteiger partial charge in [-0.3, -0.25) is 4.79 Å². The van der Waals surface area contributed by atoms with Crippen LogP contribution in [0.1, 0.15) is 23.2 Å². The predicted molar refractivity (Wildman–Crippen MR) is 101 cm³/mol. The summed E-state index contributed by atoms with van der Waals surface area (Å²) in [5, 5.41) is 3.95. The van der Waals surface area contributed by atoms with Gasteiger partial charge in [0.05, 0.1) is 38.6 Å². The van der Waals surface area contributed by atoms with E-state index in [-0.39, 0.29) is 11.9 Å². The number of fused-ring (bicyclic) bond motifs is 1. The Morgan fingerprint density at radius 3 is 2.92 bits per heavy atom. The molecule has 1 aliphatic heterocycles. The summed E-state index contributed by atoms with van der Waals surface area (Å²) in [4.78, 5) is 18.5. The van der Waals surface area contributed by atoms with Crippen molar-refractivity contribution in [2.75, 3.05) is 13.2 Å². The summed E-state index contributed by atoms with van der Waals surface area (Å²) in [6.07, 6.45) is 1.92. The van der Waals surface area contributed by atoms with Gasteiger partial charge in [-0.05, 0) is 37.1 Å². The van der Waals surface area contributed by atoms with Crippen LogP contribution in [0.2, 0.25) is 4.34 Å². The smallest absolute Gasteiger partial charge is 0.252 e. The van der Waals surface area contributed by atoms with Crippen LogP contribution in [-0.2, 0) is 4.74 Å². The second-order valence-electron chi connectivity index (χ2n) is 6.06. The van der Waals surface area contributed by atoms with Crippen LogP contribution in [0.3, 0.4) is 0 Å². The number of pyridine rings is 1. The minimum atomic E-state index is -0.0852. The predicted octanol–water partition coefficient (Wildman–Crippen LogP) is 4.53. The maximum Gasteiger partial charge on any atom is 0.252 e. The van der Waals surface area contributed by atoms with E-state index in [2.05, 4.69) is 5.32 Å². The minimum absolute atomic E-state index is 0.0628. The third kappa shape index (κ3) is 3.54. The van der Waals surface area contributed by atoms with Crippen molar-refractivity contribution in [3.8, 4) is 10.6 Å². The first-order valence-electron chi connectivity index (χ1n) is 8.25. The molecule has 1 saturated heterocycles. The standard InChI is InChI=1S/C19H17ClN2O2S/c20-18-8-7-17(25-18)16-10-14(13-5-1-2-6-15(13)22-16)19(23)21-12-4-3-9-24-11-12/h1-2,5-8,10,12H,3-4,9,11H2,(H,21,23). The number of amides is 1. The highest BCUT2D eigenvalue weighted by molar-refractivity contribution is 7.19. The zero-order valence-electron chi connectivity index (χ0n) is 13.5. The molecular formula is C19H17ClN2O2S. The molecule has 0 aliphatic carbocycles. The van der Waals surface area contributed by atoms with Gasteiger partial charge in [0.1, 0.15) is 0 Å². The quantitative estimate of drug-likeness (QED) is 0.735. The van der Waals surface area contributed by atoms with Gasteiger partial charge in [-0.15, -0.1) is 11.3 Å². The summed E-state index contributed by atoms with van der Waals surface area (Å²) in [6, 6.07) is 13.4. The fourth-order valence-electron chi connectivity index (χ4n) is 3.06. The van der Waals surface area contributed by atoms with Crippen molar-refractivity contribution in [1.82, 2.24) is 10.3 Å². The Bertz CT molecular complexity index is 919. The van der Waals surface area contributed by atoms with Gasteiger partial charge in [0.15, 0.2) is 0 Å². The van der Waals surface area contributed by atoms with Gasteiger partial charge in [-0.25, -0.2) is 4.98 Å². The molecule has 128 valence electrons. The molecular weight excluding hydrogens is 356 g/mol. The average Bonchev–Trinajstić information content (AvgIpc) is 3.08. The zero-order valence-corrected chi connectivity index (χ0v) is 15.1. The Labute approximate surface area is 154 Å². The highest BCUT2D eigenvalue weighted by Crippen LogP contribution is 2.32. The number of nitrogens with one attached hydrogen (secondary N) is 1. The second-order valence-corrected chi connectivity index (χ2v) is 7.78.